The Morgan fingerprint density at radius 1 is 1.19 bits per heavy atom. The van der Waals surface area contributed by atoms with Crippen LogP contribution < -0.4 is 5.32 Å². The van der Waals surface area contributed by atoms with Crippen LogP contribution in [0.15, 0.2) is 24.3 Å². The predicted octanol–water partition coefficient (Wildman–Crippen LogP) is 2.43. The summed E-state index contributed by atoms with van der Waals surface area (Å²) in [5, 5.41) is 4.63. The van der Waals surface area contributed by atoms with Gasteiger partial charge in [-0.15, -0.1) is 0 Å². The van der Waals surface area contributed by atoms with Crippen molar-refractivity contribution in [2.24, 2.45) is 5.92 Å². The number of rotatable bonds is 4. The largest absolute Gasteiger partial charge is 0.357 e. The number of H-pyrrole nitrogens is 1. The molecule has 2 aliphatic heterocycles. The van der Waals surface area contributed by atoms with E-state index in [0.717, 1.165) is 29.4 Å². The van der Waals surface area contributed by atoms with E-state index in [2.05, 4.69) is 10.3 Å². The molecule has 2 aliphatic rings. The van der Waals surface area contributed by atoms with Crippen LogP contribution in [0.5, 0.6) is 0 Å². The summed E-state index contributed by atoms with van der Waals surface area (Å²) < 4.78 is 0. The normalized spacial score (nSPS) is 19.3. The van der Waals surface area contributed by atoms with Crippen molar-refractivity contribution in [3.05, 3.63) is 35.0 Å². The molecule has 0 saturated carbocycles. The highest BCUT2D eigenvalue weighted by Crippen LogP contribution is 2.23. The Balaban J connectivity index is 1.29. The zero-order chi connectivity index (χ0) is 22.1. The molecule has 1 aromatic carbocycles. The van der Waals surface area contributed by atoms with Crippen LogP contribution in [0.3, 0.4) is 0 Å². The SMILES string of the molecule is CC(=O)N1CC(C(=O)N2CCCC(N(C)C(=O)NCc3cc4cc(Cl)ccc4[nH]3)C2)C1. The number of aromatic amines is 1. The molecule has 2 fully saturated rings. The van der Waals surface area contributed by atoms with Crippen molar-refractivity contribution < 1.29 is 14.4 Å². The monoisotopic (exact) mass is 445 g/mol. The van der Waals surface area contributed by atoms with Crippen molar-refractivity contribution in [2.75, 3.05) is 33.2 Å². The van der Waals surface area contributed by atoms with E-state index in [1.165, 1.54) is 6.92 Å². The predicted molar refractivity (Wildman–Crippen MR) is 119 cm³/mol. The highest BCUT2D eigenvalue weighted by Gasteiger charge is 2.38. The van der Waals surface area contributed by atoms with Gasteiger partial charge in [0, 0.05) is 61.8 Å². The number of fused-ring (bicyclic) bond motifs is 1. The number of piperidine rings is 1. The molecule has 31 heavy (non-hydrogen) atoms. The van der Waals surface area contributed by atoms with E-state index in [1.807, 2.05) is 29.2 Å². The van der Waals surface area contributed by atoms with Gasteiger partial charge in [-0.3, -0.25) is 9.59 Å². The molecule has 0 bridgehead atoms. The highest BCUT2D eigenvalue weighted by molar-refractivity contribution is 6.31. The minimum Gasteiger partial charge on any atom is -0.357 e. The molecule has 166 valence electrons. The molecule has 1 unspecified atom stereocenters. The minimum absolute atomic E-state index is 0.00929. The third-order valence-corrected chi connectivity index (χ3v) is 6.56. The summed E-state index contributed by atoms with van der Waals surface area (Å²) in [5.41, 5.74) is 1.88. The van der Waals surface area contributed by atoms with Crippen molar-refractivity contribution in [3.63, 3.8) is 0 Å². The Hall–Kier alpha value is -2.74. The molecular formula is C22H28ClN5O3. The van der Waals surface area contributed by atoms with Gasteiger partial charge in [-0.25, -0.2) is 4.79 Å². The van der Waals surface area contributed by atoms with Crippen molar-refractivity contribution in [3.8, 4) is 0 Å². The average Bonchev–Trinajstić information content (AvgIpc) is 3.12. The number of hydrogen-bond donors (Lipinski definition) is 2. The molecule has 2 N–H and O–H groups in total. The number of nitrogens with zero attached hydrogens (tertiary/aromatic N) is 3. The van der Waals surface area contributed by atoms with E-state index in [1.54, 1.807) is 16.8 Å². The topological polar surface area (TPSA) is 88.8 Å². The second-order valence-corrected chi connectivity index (χ2v) is 8.93. The summed E-state index contributed by atoms with van der Waals surface area (Å²) in [7, 11) is 1.78. The lowest BCUT2D eigenvalue weighted by Crippen LogP contribution is -2.59. The quantitative estimate of drug-likeness (QED) is 0.757. The molecule has 1 atom stereocenters. The number of aromatic nitrogens is 1. The van der Waals surface area contributed by atoms with Gasteiger partial charge in [-0.05, 0) is 37.1 Å². The van der Waals surface area contributed by atoms with Gasteiger partial charge in [-0.2, -0.15) is 0 Å². The molecule has 3 heterocycles. The number of benzene rings is 1. The molecule has 0 spiro atoms. The van der Waals surface area contributed by atoms with E-state index >= 15 is 0 Å². The van der Waals surface area contributed by atoms with Gasteiger partial charge >= 0.3 is 6.03 Å². The Bertz CT molecular complexity index is 1000. The van der Waals surface area contributed by atoms with Gasteiger partial charge in [0.1, 0.15) is 0 Å². The number of carbonyl (C=O) groups is 3. The van der Waals surface area contributed by atoms with Crippen LogP contribution in [0.1, 0.15) is 25.5 Å². The summed E-state index contributed by atoms with van der Waals surface area (Å²) in [4.78, 5) is 45.3. The first-order valence-electron chi connectivity index (χ1n) is 10.6. The standard InChI is InChI=1S/C22H28ClN5O3/c1-14(29)28-11-16(12-28)21(30)27-7-3-4-19(13-27)26(2)22(31)24-10-18-9-15-8-17(23)5-6-20(15)25-18/h5-6,8-9,16,19,25H,3-4,7,10-13H2,1-2H3,(H,24,31). The van der Waals surface area contributed by atoms with Gasteiger partial charge < -0.3 is 25.0 Å². The zero-order valence-electron chi connectivity index (χ0n) is 17.9. The number of likely N-dealkylation sites (tertiary alicyclic amines) is 2. The lowest BCUT2D eigenvalue weighted by molar-refractivity contribution is -0.148. The number of halogens is 1. The van der Waals surface area contributed by atoms with Crippen molar-refractivity contribution in [2.45, 2.75) is 32.4 Å². The molecule has 4 amide bonds. The van der Waals surface area contributed by atoms with Crippen LogP contribution in [0, 0.1) is 5.92 Å². The van der Waals surface area contributed by atoms with Gasteiger partial charge in [0.2, 0.25) is 11.8 Å². The van der Waals surface area contributed by atoms with E-state index in [4.69, 9.17) is 11.6 Å². The molecule has 8 nitrogen and oxygen atoms in total. The summed E-state index contributed by atoms with van der Waals surface area (Å²) in [6.45, 7) is 4.15. The lowest BCUT2D eigenvalue weighted by atomic mass is 9.96. The molecule has 4 rings (SSSR count). The van der Waals surface area contributed by atoms with E-state index < -0.39 is 0 Å². The lowest BCUT2D eigenvalue weighted by Gasteiger charge is -2.43. The fraction of sp³-hybridized carbons (Fsp3) is 0.500. The van der Waals surface area contributed by atoms with Crippen LogP contribution in [0.25, 0.3) is 10.9 Å². The van der Waals surface area contributed by atoms with Gasteiger partial charge in [0.15, 0.2) is 0 Å². The number of likely N-dealkylation sites (N-methyl/N-ethyl adjacent to an activating group) is 1. The van der Waals surface area contributed by atoms with Crippen molar-refractivity contribution >= 4 is 40.3 Å². The Morgan fingerprint density at radius 3 is 2.71 bits per heavy atom. The number of urea groups is 1. The number of amides is 4. The maximum atomic E-state index is 12.8. The fourth-order valence-electron chi connectivity index (χ4n) is 4.34. The smallest absolute Gasteiger partial charge is 0.317 e. The van der Waals surface area contributed by atoms with E-state index in [0.29, 0.717) is 37.7 Å². The Morgan fingerprint density at radius 2 is 1.97 bits per heavy atom. The first-order valence-corrected chi connectivity index (χ1v) is 11.0. The molecule has 0 aliphatic carbocycles. The summed E-state index contributed by atoms with van der Waals surface area (Å²) in [6.07, 6.45) is 1.72. The van der Waals surface area contributed by atoms with Crippen LogP contribution in [0.4, 0.5) is 4.79 Å². The highest BCUT2D eigenvalue weighted by atomic mass is 35.5. The first kappa shape index (κ1) is 21.5. The van der Waals surface area contributed by atoms with Crippen LogP contribution >= 0.6 is 11.6 Å². The average molecular weight is 446 g/mol. The fourth-order valence-corrected chi connectivity index (χ4v) is 4.52. The molecule has 1 aromatic heterocycles. The third kappa shape index (κ3) is 4.63. The maximum absolute atomic E-state index is 12.8. The first-order chi connectivity index (χ1) is 14.8. The van der Waals surface area contributed by atoms with Gasteiger partial charge in [0.25, 0.3) is 0 Å². The summed E-state index contributed by atoms with van der Waals surface area (Å²) >= 11 is 6.03. The van der Waals surface area contributed by atoms with E-state index in [-0.39, 0.29) is 29.8 Å². The minimum atomic E-state index is -0.164. The molecule has 0 radical (unpaired) electrons. The summed E-state index contributed by atoms with van der Waals surface area (Å²) in [6, 6.07) is 7.42. The maximum Gasteiger partial charge on any atom is 0.317 e. The van der Waals surface area contributed by atoms with Crippen LogP contribution in [0.2, 0.25) is 5.02 Å². The van der Waals surface area contributed by atoms with Crippen molar-refractivity contribution in [1.29, 1.82) is 0 Å². The number of carbonyl (C=O) groups excluding carboxylic acids is 3. The molecule has 2 saturated heterocycles. The van der Waals surface area contributed by atoms with Crippen LogP contribution in [-0.4, -0.2) is 76.8 Å². The Labute approximate surface area is 186 Å². The van der Waals surface area contributed by atoms with Gasteiger partial charge in [0.05, 0.1) is 18.5 Å². The second kappa shape index (κ2) is 8.78. The zero-order valence-corrected chi connectivity index (χ0v) is 18.6. The summed E-state index contributed by atoms with van der Waals surface area (Å²) in [5.74, 6) is -0.0138. The van der Waals surface area contributed by atoms with Gasteiger partial charge in [-0.1, -0.05) is 11.6 Å². The second-order valence-electron chi connectivity index (χ2n) is 8.50. The number of nitrogens with one attached hydrogen (secondary N) is 2. The molecule has 9 heteroatoms. The van der Waals surface area contributed by atoms with Crippen LogP contribution in [-0.2, 0) is 16.1 Å². The molecular weight excluding hydrogens is 418 g/mol. The van der Waals surface area contributed by atoms with E-state index in [9.17, 15) is 14.4 Å². The third-order valence-electron chi connectivity index (χ3n) is 6.32. The van der Waals surface area contributed by atoms with Crippen molar-refractivity contribution in [1.82, 2.24) is 25.0 Å². The molecule has 2 aromatic rings. The number of hydrogen-bond acceptors (Lipinski definition) is 3. The Kier molecular flexibility index (Phi) is 6.09.